The number of halogens is 1. The van der Waals surface area contributed by atoms with Crippen molar-refractivity contribution in [1.29, 1.82) is 0 Å². The molecule has 0 aliphatic rings. The van der Waals surface area contributed by atoms with E-state index >= 15 is 0 Å². The lowest BCUT2D eigenvalue weighted by atomic mass is 10.2. The Morgan fingerprint density at radius 2 is 2.15 bits per heavy atom. The summed E-state index contributed by atoms with van der Waals surface area (Å²) in [7, 11) is 1.33. The van der Waals surface area contributed by atoms with Crippen molar-refractivity contribution in [2.45, 2.75) is 13.8 Å². The first-order chi connectivity index (χ1) is 9.58. The summed E-state index contributed by atoms with van der Waals surface area (Å²) in [5.41, 5.74) is 2.19. The third-order valence-electron chi connectivity index (χ3n) is 2.90. The molecule has 2 aromatic rings. The number of para-hydroxylation sites is 1. The van der Waals surface area contributed by atoms with Gasteiger partial charge in [-0.3, -0.25) is 0 Å². The Balaban J connectivity index is 2.43. The molecule has 2 rings (SSSR count). The van der Waals surface area contributed by atoms with E-state index in [0.717, 1.165) is 17.8 Å². The van der Waals surface area contributed by atoms with Gasteiger partial charge in [0.1, 0.15) is 0 Å². The van der Waals surface area contributed by atoms with Crippen molar-refractivity contribution in [2.24, 2.45) is 0 Å². The minimum Gasteiger partial charge on any atom is -0.465 e. The van der Waals surface area contributed by atoms with Gasteiger partial charge in [-0.05, 0) is 25.5 Å². The smallest absolute Gasteiger partial charge is 0.351 e. The normalized spacial score (nSPS) is 10.4. The molecule has 0 amide bonds. The Morgan fingerprint density at radius 3 is 2.75 bits per heavy atom. The number of carbonyl (C=O) groups excluding carboxylic acids is 1. The summed E-state index contributed by atoms with van der Waals surface area (Å²) in [5.74, 6) is -0.459. The van der Waals surface area contributed by atoms with Crippen LogP contribution in [0.15, 0.2) is 24.3 Å². The minimum atomic E-state index is -0.459. The maximum atomic E-state index is 11.6. The fourth-order valence-electron chi connectivity index (χ4n) is 1.90. The summed E-state index contributed by atoms with van der Waals surface area (Å²) >= 11 is 7.26. The molecule has 106 valence electrons. The van der Waals surface area contributed by atoms with Gasteiger partial charge in [-0.2, -0.15) is 0 Å². The number of carbonyl (C=O) groups is 1. The number of hydrogen-bond acceptors (Lipinski definition) is 5. The highest BCUT2D eigenvalue weighted by Gasteiger charge is 2.21. The van der Waals surface area contributed by atoms with E-state index in [2.05, 4.69) is 4.98 Å². The van der Waals surface area contributed by atoms with Crippen LogP contribution in [0, 0.1) is 6.92 Å². The lowest BCUT2D eigenvalue weighted by molar-refractivity contribution is 0.0606. The highest BCUT2D eigenvalue weighted by Crippen LogP contribution is 2.35. The first kappa shape index (κ1) is 14.8. The SMILES string of the molecule is CCN(c1nc(Cl)c(C(=O)OC)s1)c1ccccc1C. The van der Waals surface area contributed by atoms with Crippen LogP contribution in [0.3, 0.4) is 0 Å². The molecule has 0 saturated carbocycles. The Labute approximate surface area is 127 Å². The number of aryl methyl sites for hydroxylation is 1. The van der Waals surface area contributed by atoms with Gasteiger partial charge in [0.25, 0.3) is 0 Å². The number of methoxy groups -OCH3 is 1. The standard InChI is InChI=1S/C14H15ClN2O2S/c1-4-17(10-8-6-5-7-9(10)2)14-16-12(15)11(20-14)13(18)19-3/h5-8H,4H2,1-3H3. The zero-order valence-corrected chi connectivity index (χ0v) is 13.1. The lowest BCUT2D eigenvalue weighted by Crippen LogP contribution is -2.16. The molecular weight excluding hydrogens is 296 g/mol. The highest BCUT2D eigenvalue weighted by atomic mass is 35.5. The van der Waals surface area contributed by atoms with Crippen LogP contribution >= 0.6 is 22.9 Å². The second kappa shape index (κ2) is 6.24. The van der Waals surface area contributed by atoms with Gasteiger partial charge in [-0.1, -0.05) is 41.1 Å². The molecule has 0 N–H and O–H groups in total. The highest BCUT2D eigenvalue weighted by molar-refractivity contribution is 7.18. The van der Waals surface area contributed by atoms with Crippen LogP contribution in [-0.2, 0) is 4.74 Å². The second-order valence-electron chi connectivity index (χ2n) is 4.14. The van der Waals surface area contributed by atoms with E-state index in [-0.39, 0.29) is 5.15 Å². The second-order valence-corrected chi connectivity index (χ2v) is 5.47. The molecule has 0 atom stereocenters. The fraction of sp³-hybridized carbons (Fsp3) is 0.286. The Bertz CT molecular complexity index is 627. The van der Waals surface area contributed by atoms with Crippen molar-refractivity contribution in [3.8, 4) is 0 Å². The number of thiazole rings is 1. The van der Waals surface area contributed by atoms with E-state index in [1.54, 1.807) is 0 Å². The lowest BCUT2D eigenvalue weighted by Gasteiger charge is -2.21. The molecule has 0 fully saturated rings. The molecule has 0 aliphatic heterocycles. The summed E-state index contributed by atoms with van der Waals surface area (Å²) in [6.07, 6.45) is 0. The molecular formula is C14H15ClN2O2S. The average molecular weight is 311 g/mol. The van der Waals surface area contributed by atoms with Crippen molar-refractivity contribution in [1.82, 2.24) is 4.98 Å². The van der Waals surface area contributed by atoms with Crippen LogP contribution < -0.4 is 4.90 Å². The molecule has 4 nitrogen and oxygen atoms in total. The summed E-state index contributed by atoms with van der Waals surface area (Å²) in [5, 5.41) is 0.871. The van der Waals surface area contributed by atoms with Gasteiger partial charge in [0.2, 0.25) is 0 Å². The van der Waals surface area contributed by atoms with Crippen LogP contribution in [0.2, 0.25) is 5.15 Å². The average Bonchev–Trinajstić information content (AvgIpc) is 2.83. The van der Waals surface area contributed by atoms with Gasteiger partial charge in [-0.15, -0.1) is 0 Å². The Hall–Kier alpha value is -1.59. The van der Waals surface area contributed by atoms with E-state index in [4.69, 9.17) is 16.3 Å². The number of aromatic nitrogens is 1. The Kier molecular flexibility index (Phi) is 4.62. The molecule has 1 heterocycles. The van der Waals surface area contributed by atoms with Gasteiger partial charge in [0.15, 0.2) is 15.2 Å². The topological polar surface area (TPSA) is 42.4 Å². The van der Waals surface area contributed by atoms with Crippen molar-refractivity contribution >= 4 is 39.7 Å². The Morgan fingerprint density at radius 1 is 1.45 bits per heavy atom. The van der Waals surface area contributed by atoms with Gasteiger partial charge >= 0.3 is 5.97 Å². The van der Waals surface area contributed by atoms with Crippen LogP contribution in [0.1, 0.15) is 22.2 Å². The largest absolute Gasteiger partial charge is 0.465 e. The van der Waals surface area contributed by atoms with E-state index < -0.39 is 5.97 Å². The maximum Gasteiger partial charge on any atom is 0.351 e. The number of rotatable bonds is 4. The summed E-state index contributed by atoms with van der Waals surface area (Å²) < 4.78 is 4.70. The molecule has 0 radical (unpaired) electrons. The molecule has 0 saturated heterocycles. The zero-order chi connectivity index (χ0) is 14.7. The molecule has 1 aromatic carbocycles. The molecule has 6 heteroatoms. The molecule has 0 bridgehead atoms. The first-order valence-corrected chi connectivity index (χ1v) is 7.35. The zero-order valence-electron chi connectivity index (χ0n) is 11.5. The molecule has 0 unspecified atom stereocenters. The number of hydrogen-bond donors (Lipinski definition) is 0. The van der Waals surface area contributed by atoms with Crippen LogP contribution in [-0.4, -0.2) is 24.6 Å². The van der Waals surface area contributed by atoms with E-state index in [1.165, 1.54) is 18.4 Å². The predicted molar refractivity (Wildman–Crippen MR) is 82.3 cm³/mol. The number of benzene rings is 1. The molecule has 0 aliphatic carbocycles. The van der Waals surface area contributed by atoms with Gasteiger partial charge in [0.05, 0.1) is 7.11 Å². The van der Waals surface area contributed by atoms with Crippen molar-refractivity contribution in [3.05, 3.63) is 39.9 Å². The van der Waals surface area contributed by atoms with Crippen LogP contribution in [0.5, 0.6) is 0 Å². The van der Waals surface area contributed by atoms with Crippen molar-refractivity contribution < 1.29 is 9.53 Å². The third kappa shape index (κ3) is 2.78. The van der Waals surface area contributed by atoms with Gasteiger partial charge in [-0.25, -0.2) is 9.78 Å². The number of ether oxygens (including phenoxy) is 1. The van der Waals surface area contributed by atoms with Gasteiger partial charge < -0.3 is 9.64 Å². The minimum absolute atomic E-state index is 0.184. The van der Waals surface area contributed by atoms with E-state index in [1.807, 2.05) is 43.0 Å². The van der Waals surface area contributed by atoms with E-state index in [9.17, 15) is 4.79 Å². The van der Waals surface area contributed by atoms with Crippen molar-refractivity contribution in [2.75, 3.05) is 18.6 Å². The van der Waals surface area contributed by atoms with Crippen LogP contribution in [0.25, 0.3) is 0 Å². The molecule has 1 aromatic heterocycles. The summed E-state index contributed by atoms with van der Waals surface area (Å²) in [6.45, 7) is 4.79. The van der Waals surface area contributed by atoms with Gasteiger partial charge in [0, 0.05) is 12.2 Å². The number of nitrogens with zero attached hydrogens (tertiary/aromatic N) is 2. The number of esters is 1. The summed E-state index contributed by atoms with van der Waals surface area (Å²) in [4.78, 5) is 18.2. The van der Waals surface area contributed by atoms with Crippen molar-refractivity contribution in [3.63, 3.8) is 0 Å². The van der Waals surface area contributed by atoms with E-state index in [0.29, 0.717) is 10.0 Å². The summed E-state index contributed by atoms with van der Waals surface area (Å²) in [6, 6.07) is 8.02. The fourth-order valence-corrected chi connectivity index (χ4v) is 3.18. The monoisotopic (exact) mass is 310 g/mol. The predicted octanol–water partition coefficient (Wildman–Crippen LogP) is 4.05. The number of anilines is 2. The third-order valence-corrected chi connectivity index (χ3v) is 4.34. The quantitative estimate of drug-likeness (QED) is 0.799. The van der Waals surface area contributed by atoms with Crippen LogP contribution in [0.4, 0.5) is 10.8 Å². The maximum absolute atomic E-state index is 11.6. The molecule has 20 heavy (non-hydrogen) atoms. The molecule has 0 spiro atoms. The first-order valence-electron chi connectivity index (χ1n) is 6.16.